The molecule has 0 amide bonds. The van der Waals surface area contributed by atoms with Crippen molar-refractivity contribution in [3.05, 3.63) is 83.4 Å². The molecular formula is C26H34NO3PS. The van der Waals surface area contributed by atoms with E-state index in [9.17, 15) is 13.0 Å². The van der Waals surface area contributed by atoms with E-state index in [0.29, 0.717) is 6.04 Å². The van der Waals surface area contributed by atoms with E-state index in [1.807, 2.05) is 31.2 Å². The van der Waals surface area contributed by atoms with Gasteiger partial charge in [-0.15, -0.1) is 0 Å². The highest BCUT2D eigenvalue weighted by Crippen LogP contribution is 2.37. The van der Waals surface area contributed by atoms with Gasteiger partial charge in [0.25, 0.3) is 10.1 Å². The number of nitrogens with zero attached hydrogens (tertiary/aromatic N) is 1. The minimum absolute atomic E-state index is 0.0623. The lowest BCUT2D eigenvalue weighted by Crippen LogP contribution is -2.26. The van der Waals surface area contributed by atoms with Gasteiger partial charge in [0.1, 0.15) is 0 Å². The highest BCUT2D eigenvalue weighted by molar-refractivity contribution is 7.86. The van der Waals surface area contributed by atoms with Crippen LogP contribution in [0, 0.1) is 20.8 Å². The normalized spacial score (nSPS) is 11.6. The number of hydrogen-bond acceptors (Lipinski definition) is 3. The summed E-state index contributed by atoms with van der Waals surface area (Å²) in [6.07, 6.45) is 0. The third-order valence-corrected chi connectivity index (χ3v) is 9.25. The lowest BCUT2D eigenvalue weighted by atomic mass is 10.2. The molecule has 1 N–H and O–H groups in total. The SMILES string of the molecule is CC(C)N(C)C.Cc1ccccc1P(c1ccccc1C)c1cc(S(=O)(=O)O)ccc1C. The van der Waals surface area contributed by atoms with Gasteiger partial charge in [-0.25, -0.2) is 0 Å². The van der Waals surface area contributed by atoms with Crippen molar-refractivity contribution in [2.24, 2.45) is 0 Å². The summed E-state index contributed by atoms with van der Waals surface area (Å²) in [6.45, 7) is 10.5. The smallest absolute Gasteiger partial charge is 0.294 e. The summed E-state index contributed by atoms with van der Waals surface area (Å²) >= 11 is 0. The second-order valence-electron chi connectivity index (χ2n) is 8.39. The molecule has 0 aliphatic carbocycles. The van der Waals surface area contributed by atoms with Crippen LogP contribution < -0.4 is 15.9 Å². The van der Waals surface area contributed by atoms with Crippen LogP contribution in [0.25, 0.3) is 0 Å². The van der Waals surface area contributed by atoms with Gasteiger partial charge in [0.2, 0.25) is 0 Å². The van der Waals surface area contributed by atoms with Crippen molar-refractivity contribution in [2.45, 2.75) is 45.6 Å². The first-order chi connectivity index (χ1) is 14.9. The molecule has 0 aliphatic rings. The fraction of sp³-hybridized carbons (Fsp3) is 0.308. The van der Waals surface area contributed by atoms with E-state index in [1.54, 1.807) is 12.1 Å². The third kappa shape index (κ3) is 6.73. The maximum absolute atomic E-state index is 11.7. The van der Waals surface area contributed by atoms with Crippen LogP contribution in [-0.2, 0) is 10.1 Å². The average molecular weight is 472 g/mol. The molecule has 3 aromatic rings. The largest absolute Gasteiger partial charge is 0.307 e. The summed E-state index contributed by atoms with van der Waals surface area (Å²) in [5.74, 6) is 0. The first-order valence-electron chi connectivity index (χ1n) is 10.6. The van der Waals surface area contributed by atoms with Crippen molar-refractivity contribution >= 4 is 34.0 Å². The van der Waals surface area contributed by atoms with Gasteiger partial charge in [-0.05, 0) is 101 Å². The van der Waals surface area contributed by atoms with Gasteiger partial charge in [-0.3, -0.25) is 4.55 Å². The quantitative estimate of drug-likeness (QED) is 0.437. The van der Waals surface area contributed by atoms with Crippen LogP contribution >= 0.6 is 7.92 Å². The highest BCUT2D eigenvalue weighted by atomic mass is 32.2. The van der Waals surface area contributed by atoms with E-state index < -0.39 is 18.0 Å². The average Bonchev–Trinajstić information content (AvgIpc) is 2.71. The van der Waals surface area contributed by atoms with Gasteiger partial charge in [-0.2, -0.15) is 8.42 Å². The molecule has 0 radical (unpaired) electrons. The fourth-order valence-corrected chi connectivity index (χ4v) is 6.40. The monoisotopic (exact) mass is 471 g/mol. The number of rotatable bonds is 5. The molecule has 32 heavy (non-hydrogen) atoms. The molecule has 172 valence electrons. The van der Waals surface area contributed by atoms with Gasteiger partial charge >= 0.3 is 0 Å². The van der Waals surface area contributed by atoms with E-state index in [4.69, 9.17) is 0 Å². The Balaban J connectivity index is 0.000000534. The second-order valence-corrected chi connectivity index (χ2v) is 11.9. The molecule has 0 bridgehead atoms. The molecule has 0 fully saturated rings. The van der Waals surface area contributed by atoms with Crippen molar-refractivity contribution in [1.82, 2.24) is 4.90 Å². The Kier molecular flexibility index (Phi) is 9.18. The maximum atomic E-state index is 11.7. The minimum atomic E-state index is -4.25. The van der Waals surface area contributed by atoms with Gasteiger partial charge in [0.15, 0.2) is 0 Å². The summed E-state index contributed by atoms with van der Waals surface area (Å²) in [6, 6.07) is 21.9. The molecule has 0 heterocycles. The molecule has 0 atom stereocenters. The van der Waals surface area contributed by atoms with Crippen LogP contribution in [0.1, 0.15) is 30.5 Å². The first-order valence-corrected chi connectivity index (χ1v) is 13.4. The summed E-state index contributed by atoms with van der Waals surface area (Å²) in [5, 5.41) is 3.32. The van der Waals surface area contributed by atoms with Gasteiger partial charge in [-0.1, -0.05) is 54.6 Å². The molecule has 0 saturated heterocycles. The van der Waals surface area contributed by atoms with Crippen molar-refractivity contribution in [3.8, 4) is 0 Å². The van der Waals surface area contributed by atoms with Crippen LogP contribution in [0.5, 0.6) is 0 Å². The summed E-state index contributed by atoms with van der Waals surface area (Å²) < 4.78 is 32.9. The Labute approximate surface area is 194 Å². The van der Waals surface area contributed by atoms with Gasteiger partial charge < -0.3 is 4.90 Å². The predicted octanol–water partition coefficient (Wildman–Crippen LogP) is 4.57. The molecule has 0 aromatic heterocycles. The van der Waals surface area contributed by atoms with E-state index in [0.717, 1.165) is 10.9 Å². The summed E-state index contributed by atoms with van der Waals surface area (Å²) in [4.78, 5) is 2.10. The van der Waals surface area contributed by atoms with Crippen LogP contribution in [0.3, 0.4) is 0 Å². The zero-order valence-corrected chi connectivity index (χ0v) is 21.7. The third-order valence-electron chi connectivity index (χ3n) is 5.46. The Bertz CT molecular complexity index is 1110. The molecule has 6 heteroatoms. The van der Waals surface area contributed by atoms with E-state index in [-0.39, 0.29) is 4.90 Å². The molecule has 0 aliphatic heterocycles. The molecule has 0 unspecified atom stereocenters. The van der Waals surface area contributed by atoms with Crippen molar-refractivity contribution in [3.63, 3.8) is 0 Å². The van der Waals surface area contributed by atoms with E-state index in [1.165, 1.54) is 27.8 Å². The zero-order chi connectivity index (χ0) is 24.1. The Morgan fingerprint density at radius 2 is 1.16 bits per heavy atom. The lowest BCUT2D eigenvalue weighted by molar-refractivity contribution is 0.335. The Morgan fingerprint density at radius 1 is 0.750 bits per heavy atom. The van der Waals surface area contributed by atoms with Crippen molar-refractivity contribution in [1.29, 1.82) is 0 Å². The van der Waals surface area contributed by atoms with E-state index >= 15 is 0 Å². The highest BCUT2D eigenvalue weighted by Gasteiger charge is 2.23. The topological polar surface area (TPSA) is 57.6 Å². The maximum Gasteiger partial charge on any atom is 0.294 e. The summed E-state index contributed by atoms with van der Waals surface area (Å²) in [5.41, 5.74) is 3.34. The van der Waals surface area contributed by atoms with Crippen LogP contribution in [-0.4, -0.2) is 38.0 Å². The number of aryl methyl sites for hydroxylation is 3. The molecule has 3 aromatic carbocycles. The van der Waals surface area contributed by atoms with Crippen LogP contribution in [0.2, 0.25) is 0 Å². The fourth-order valence-electron chi connectivity index (χ4n) is 3.01. The lowest BCUT2D eigenvalue weighted by Gasteiger charge is -2.24. The number of hydrogen-bond donors (Lipinski definition) is 1. The Morgan fingerprint density at radius 3 is 1.53 bits per heavy atom. The van der Waals surface area contributed by atoms with E-state index in [2.05, 4.69) is 71.0 Å². The van der Waals surface area contributed by atoms with Gasteiger partial charge in [0, 0.05) is 6.04 Å². The summed E-state index contributed by atoms with van der Waals surface area (Å²) in [7, 11) is -1.05. The number of benzene rings is 3. The molecule has 0 spiro atoms. The minimum Gasteiger partial charge on any atom is -0.307 e. The standard InChI is InChI=1S/C21H21O3PS.C5H13N/c1-15-8-4-6-10-19(15)25(20-11-7-5-9-16(20)2)21-14-18(26(22,23)24)13-12-17(21)3;1-5(2)6(3)4/h4-14H,1-3H3,(H,22,23,24);5H,1-4H3. The van der Waals surface area contributed by atoms with Crippen molar-refractivity contribution in [2.75, 3.05) is 14.1 Å². The molecular weight excluding hydrogens is 437 g/mol. The molecule has 4 nitrogen and oxygen atoms in total. The zero-order valence-electron chi connectivity index (χ0n) is 20.0. The first kappa shape index (κ1) is 26.2. The molecule has 0 saturated carbocycles. The Hall–Kier alpha value is -2.04. The second kappa shape index (κ2) is 11.2. The molecule has 3 rings (SSSR count). The van der Waals surface area contributed by atoms with Crippen molar-refractivity contribution < 1.29 is 13.0 Å². The van der Waals surface area contributed by atoms with Crippen LogP contribution in [0.15, 0.2) is 71.6 Å². The predicted molar refractivity (Wildman–Crippen MR) is 138 cm³/mol. The van der Waals surface area contributed by atoms with Crippen LogP contribution in [0.4, 0.5) is 0 Å². The van der Waals surface area contributed by atoms with Gasteiger partial charge in [0.05, 0.1) is 4.90 Å².